The lowest BCUT2D eigenvalue weighted by atomic mass is 10.3. The first-order chi connectivity index (χ1) is 3.70. The molecule has 0 atom stereocenters. The summed E-state index contributed by atoms with van der Waals surface area (Å²) in [4.78, 5) is 4.71. The molecule has 0 aromatic carbocycles. The molecule has 0 saturated carbocycles. The monoisotopic (exact) mass is 114 g/mol. The Kier molecular flexibility index (Phi) is 1.54. The fourth-order valence-corrected chi connectivity index (χ4v) is 0.905. The van der Waals surface area contributed by atoms with E-state index in [9.17, 15) is 0 Å². The molecule has 0 unspecified atom stereocenters. The first-order valence-corrected chi connectivity index (χ1v) is 3.13. The standard InChI is InChI=1S/C6H14N2/c1-6(2)8-4-7(3)5-8/h6H,4-5H2,1-3H3. The van der Waals surface area contributed by atoms with Crippen LogP contribution < -0.4 is 0 Å². The van der Waals surface area contributed by atoms with Gasteiger partial charge in [0.2, 0.25) is 0 Å². The minimum absolute atomic E-state index is 0.728. The van der Waals surface area contributed by atoms with Crippen molar-refractivity contribution in [3.8, 4) is 0 Å². The highest BCUT2D eigenvalue weighted by Crippen LogP contribution is 2.08. The van der Waals surface area contributed by atoms with Crippen LogP contribution in [0.2, 0.25) is 0 Å². The van der Waals surface area contributed by atoms with Gasteiger partial charge in [0, 0.05) is 6.04 Å². The van der Waals surface area contributed by atoms with Gasteiger partial charge in [-0.2, -0.15) is 0 Å². The molecule has 1 aliphatic heterocycles. The molecule has 48 valence electrons. The number of rotatable bonds is 1. The second-order valence-corrected chi connectivity index (χ2v) is 2.82. The fraction of sp³-hybridized carbons (Fsp3) is 1.00. The van der Waals surface area contributed by atoms with Gasteiger partial charge in [0.1, 0.15) is 0 Å². The average Bonchev–Trinajstić information content (AvgIpc) is 1.57. The Morgan fingerprint density at radius 2 is 1.75 bits per heavy atom. The lowest BCUT2D eigenvalue weighted by molar-refractivity contribution is -0.0318. The second-order valence-electron chi connectivity index (χ2n) is 2.82. The van der Waals surface area contributed by atoms with Crippen molar-refractivity contribution in [3.05, 3.63) is 0 Å². The van der Waals surface area contributed by atoms with E-state index in [1.54, 1.807) is 0 Å². The van der Waals surface area contributed by atoms with E-state index in [2.05, 4.69) is 30.7 Å². The molecule has 0 radical (unpaired) electrons. The third-order valence-electron chi connectivity index (χ3n) is 1.58. The Bertz CT molecular complexity index is 74.6. The molecule has 1 fully saturated rings. The number of nitrogens with zero attached hydrogens (tertiary/aromatic N) is 2. The van der Waals surface area contributed by atoms with Crippen LogP contribution in [0.15, 0.2) is 0 Å². The molecule has 0 bridgehead atoms. The van der Waals surface area contributed by atoms with Gasteiger partial charge in [-0.1, -0.05) is 0 Å². The molecule has 8 heavy (non-hydrogen) atoms. The molecule has 0 amide bonds. The van der Waals surface area contributed by atoms with Gasteiger partial charge in [0.25, 0.3) is 0 Å². The third kappa shape index (κ3) is 1.01. The summed E-state index contributed by atoms with van der Waals surface area (Å²) < 4.78 is 0. The van der Waals surface area contributed by atoms with Crippen molar-refractivity contribution in [2.75, 3.05) is 20.4 Å². The molecule has 2 heteroatoms. The molecule has 0 aromatic heterocycles. The van der Waals surface area contributed by atoms with Crippen LogP contribution in [0.3, 0.4) is 0 Å². The topological polar surface area (TPSA) is 6.48 Å². The average molecular weight is 114 g/mol. The number of hydrogen-bond acceptors (Lipinski definition) is 2. The molecule has 1 heterocycles. The Balaban J connectivity index is 2.15. The van der Waals surface area contributed by atoms with E-state index in [4.69, 9.17) is 0 Å². The predicted molar refractivity (Wildman–Crippen MR) is 34.5 cm³/mol. The molecule has 0 spiro atoms. The lowest BCUT2D eigenvalue weighted by Crippen LogP contribution is -2.55. The van der Waals surface area contributed by atoms with Crippen LogP contribution in [0.4, 0.5) is 0 Å². The van der Waals surface area contributed by atoms with Crippen LogP contribution in [0.1, 0.15) is 13.8 Å². The first-order valence-electron chi connectivity index (χ1n) is 3.13. The van der Waals surface area contributed by atoms with Gasteiger partial charge in [-0.15, -0.1) is 0 Å². The van der Waals surface area contributed by atoms with Gasteiger partial charge >= 0.3 is 0 Å². The fourth-order valence-electron chi connectivity index (χ4n) is 0.905. The highest BCUT2D eigenvalue weighted by atomic mass is 15.5. The zero-order valence-electron chi connectivity index (χ0n) is 5.89. The molecule has 0 N–H and O–H groups in total. The summed E-state index contributed by atoms with van der Waals surface area (Å²) in [6.07, 6.45) is 0. The molecular weight excluding hydrogens is 100 g/mol. The predicted octanol–water partition coefficient (Wildman–Crippen LogP) is 0.557. The molecule has 1 saturated heterocycles. The second kappa shape index (κ2) is 2.03. The maximum atomic E-state index is 2.42. The first kappa shape index (κ1) is 6.05. The van der Waals surface area contributed by atoms with Crippen LogP contribution in [0, 0.1) is 0 Å². The van der Waals surface area contributed by atoms with Crippen LogP contribution in [-0.2, 0) is 0 Å². The summed E-state index contributed by atoms with van der Waals surface area (Å²) in [7, 11) is 2.14. The summed E-state index contributed by atoms with van der Waals surface area (Å²) in [5.74, 6) is 0. The quantitative estimate of drug-likeness (QED) is 0.491. The number of hydrogen-bond donors (Lipinski definition) is 0. The van der Waals surface area contributed by atoms with E-state index in [1.165, 1.54) is 0 Å². The van der Waals surface area contributed by atoms with E-state index >= 15 is 0 Å². The zero-order valence-corrected chi connectivity index (χ0v) is 5.89. The Labute approximate surface area is 51.1 Å². The van der Waals surface area contributed by atoms with E-state index in [0.717, 1.165) is 19.4 Å². The minimum Gasteiger partial charge on any atom is -0.280 e. The molecule has 1 aliphatic rings. The Morgan fingerprint density at radius 3 is 1.88 bits per heavy atom. The van der Waals surface area contributed by atoms with Crippen molar-refractivity contribution in [1.29, 1.82) is 0 Å². The zero-order chi connectivity index (χ0) is 6.15. The van der Waals surface area contributed by atoms with Crippen LogP contribution in [-0.4, -0.2) is 36.2 Å². The van der Waals surface area contributed by atoms with Crippen molar-refractivity contribution in [3.63, 3.8) is 0 Å². The van der Waals surface area contributed by atoms with E-state index in [1.807, 2.05) is 0 Å². The third-order valence-corrected chi connectivity index (χ3v) is 1.58. The molecule has 0 aromatic rings. The van der Waals surface area contributed by atoms with Crippen molar-refractivity contribution < 1.29 is 0 Å². The molecule has 0 aliphatic carbocycles. The van der Waals surface area contributed by atoms with Gasteiger partial charge in [-0.05, 0) is 20.9 Å². The minimum atomic E-state index is 0.728. The van der Waals surface area contributed by atoms with Gasteiger partial charge in [-0.3, -0.25) is 9.80 Å². The van der Waals surface area contributed by atoms with Crippen molar-refractivity contribution in [2.45, 2.75) is 19.9 Å². The smallest absolute Gasteiger partial charge is 0.0529 e. The summed E-state index contributed by atoms with van der Waals surface area (Å²) in [6.45, 7) is 6.76. The Morgan fingerprint density at radius 1 is 1.25 bits per heavy atom. The van der Waals surface area contributed by atoms with Crippen molar-refractivity contribution in [1.82, 2.24) is 9.80 Å². The van der Waals surface area contributed by atoms with Gasteiger partial charge in [0.15, 0.2) is 0 Å². The van der Waals surface area contributed by atoms with E-state index < -0.39 is 0 Å². The maximum absolute atomic E-state index is 2.42. The largest absolute Gasteiger partial charge is 0.280 e. The molecular formula is C6H14N2. The van der Waals surface area contributed by atoms with Gasteiger partial charge in [0.05, 0.1) is 13.3 Å². The summed E-state index contributed by atoms with van der Waals surface area (Å²) >= 11 is 0. The van der Waals surface area contributed by atoms with Crippen molar-refractivity contribution in [2.24, 2.45) is 0 Å². The van der Waals surface area contributed by atoms with Crippen LogP contribution in [0.5, 0.6) is 0 Å². The lowest BCUT2D eigenvalue weighted by Gasteiger charge is -2.42. The Hall–Kier alpha value is -0.0800. The highest BCUT2D eigenvalue weighted by molar-refractivity contribution is 4.69. The van der Waals surface area contributed by atoms with Gasteiger partial charge in [-0.25, -0.2) is 0 Å². The molecule has 1 rings (SSSR count). The highest BCUT2D eigenvalue weighted by Gasteiger charge is 2.21. The van der Waals surface area contributed by atoms with Crippen molar-refractivity contribution >= 4 is 0 Å². The summed E-state index contributed by atoms with van der Waals surface area (Å²) in [6, 6.07) is 0.728. The van der Waals surface area contributed by atoms with E-state index in [-0.39, 0.29) is 0 Å². The summed E-state index contributed by atoms with van der Waals surface area (Å²) in [5, 5.41) is 0. The van der Waals surface area contributed by atoms with Crippen LogP contribution >= 0.6 is 0 Å². The van der Waals surface area contributed by atoms with E-state index in [0.29, 0.717) is 0 Å². The molecule has 2 nitrogen and oxygen atoms in total. The summed E-state index contributed by atoms with van der Waals surface area (Å²) in [5.41, 5.74) is 0. The van der Waals surface area contributed by atoms with Gasteiger partial charge < -0.3 is 0 Å². The van der Waals surface area contributed by atoms with Crippen LogP contribution in [0.25, 0.3) is 0 Å². The SMILES string of the molecule is CC(C)N1CN(C)C1. The normalized spacial score (nSPS) is 24.0. The maximum Gasteiger partial charge on any atom is 0.0529 e.